The second-order valence-electron chi connectivity index (χ2n) is 5.31. The lowest BCUT2D eigenvalue weighted by molar-refractivity contribution is 0.251. The number of hydrogen-bond donors (Lipinski definition) is 2. The zero-order valence-corrected chi connectivity index (χ0v) is 16.2. The minimum absolute atomic E-state index is 0.296. The maximum atomic E-state index is 12.1. The van der Waals surface area contributed by atoms with Crippen LogP contribution in [0.2, 0.25) is 0 Å². The summed E-state index contributed by atoms with van der Waals surface area (Å²) in [5.74, 6) is 1.61. The molecule has 0 spiro atoms. The van der Waals surface area contributed by atoms with Crippen molar-refractivity contribution >= 4 is 27.6 Å². The first-order valence-corrected chi connectivity index (χ1v) is 8.37. The number of amides is 2. The van der Waals surface area contributed by atoms with E-state index >= 15 is 0 Å². The van der Waals surface area contributed by atoms with Crippen LogP contribution in [0.5, 0.6) is 17.2 Å². The van der Waals surface area contributed by atoms with E-state index in [-0.39, 0.29) is 6.03 Å². The highest BCUT2D eigenvalue weighted by Gasteiger charge is 2.13. The first-order valence-electron chi connectivity index (χ1n) is 7.58. The standard InChI is InChI=1S/C18H21BrN2O4/c1-11-7-13(5-6-14(11)19)21-18(22)20-10-12-8-15(23-2)17(25-4)16(9-12)24-3/h5-9H,10H2,1-4H3,(H2,20,21,22). The third-order valence-electron chi connectivity index (χ3n) is 3.59. The third kappa shape index (κ3) is 4.79. The summed E-state index contributed by atoms with van der Waals surface area (Å²) in [7, 11) is 4.65. The van der Waals surface area contributed by atoms with Gasteiger partial charge in [-0.15, -0.1) is 0 Å². The highest BCUT2D eigenvalue weighted by Crippen LogP contribution is 2.38. The van der Waals surface area contributed by atoms with Gasteiger partial charge in [0.25, 0.3) is 0 Å². The van der Waals surface area contributed by atoms with Crippen LogP contribution in [0.4, 0.5) is 10.5 Å². The molecule has 0 aliphatic carbocycles. The minimum Gasteiger partial charge on any atom is -0.493 e. The molecule has 134 valence electrons. The average Bonchev–Trinajstić information content (AvgIpc) is 2.62. The summed E-state index contributed by atoms with van der Waals surface area (Å²) < 4.78 is 16.9. The quantitative estimate of drug-likeness (QED) is 0.754. The van der Waals surface area contributed by atoms with E-state index in [1.807, 2.05) is 25.1 Å². The molecule has 2 rings (SSSR count). The number of hydrogen-bond acceptors (Lipinski definition) is 4. The van der Waals surface area contributed by atoms with E-state index in [0.29, 0.717) is 23.8 Å². The summed E-state index contributed by atoms with van der Waals surface area (Å²) >= 11 is 3.43. The largest absolute Gasteiger partial charge is 0.493 e. The van der Waals surface area contributed by atoms with Crippen molar-refractivity contribution in [1.29, 1.82) is 0 Å². The number of benzene rings is 2. The Morgan fingerprint density at radius 1 is 1.04 bits per heavy atom. The Balaban J connectivity index is 2.04. The van der Waals surface area contributed by atoms with Gasteiger partial charge in [0.15, 0.2) is 11.5 Å². The molecule has 0 radical (unpaired) electrons. The first kappa shape index (κ1) is 18.9. The van der Waals surface area contributed by atoms with Crippen LogP contribution in [0, 0.1) is 6.92 Å². The van der Waals surface area contributed by atoms with Gasteiger partial charge < -0.3 is 24.8 Å². The van der Waals surface area contributed by atoms with Gasteiger partial charge in [0.1, 0.15) is 0 Å². The summed E-state index contributed by atoms with van der Waals surface area (Å²) in [6, 6.07) is 8.91. The van der Waals surface area contributed by atoms with Crippen molar-refractivity contribution in [1.82, 2.24) is 5.32 Å². The number of carbonyl (C=O) groups excluding carboxylic acids is 1. The van der Waals surface area contributed by atoms with Gasteiger partial charge in [-0.1, -0.05) is 15.9 Å². The number of anilines is 1. The normalized spacial score (nSPS) is 10.1. The van der Waals surface area contributed by atoms with Gasteiger partial charge in [0.05, 0.1) is 21.3 Å². The molecule has 6 nitrogen and oxygen atoms in total. The summed E-state index contributed by atoms with van der Waals surface area (Å²) in [5.41, 5.74) is 2.60. The van der Waals surface area contributed by atoms with E-state index in [9.17, 15) is 4.79 Å². The van der Waals surface area contributed by atoms with E-state index in [1.54, 1.807) is 33.5 Å². The molecule has 0 unspecified atom stereocenters. The van der Waals surface area contributed by atoms with Crippen LogP contribution in [0.25, 0.3) is 0 Å². The fourth-order valence-electron chi connectivity index (χ4n) is 2.32. The number of aryl methyl sites for hydroxylation is 1. The number of nitrogens with one attached hydrogen (secondary N) is 2. The Hall–Kier alpha value is -2.41. The van der Waals surface area contributed by atoms with Crippen molar-refractivity contribution in [2.45, 2.75) is 13.5 Å². The second-order valence-corrected chi connectivity index (χ2v) is 6.16. The highest BCUT2D eigenvalue weighted by molar-refractivity contribution is 9.10. The van der Waals surface area contributed by atoms with E-state index in [0.717, 1.165) is 21.3 Å². The number of halogens is 1. The van der Waals surface area contributed by atoms with Crippen LogP contribution in [-0.4, -0.2) is 27.4 Å². The molecule has 0 saturated carbocycles. The highest BCUT2D eigenvalue weighted by atomic mass is 79.9. The van der Waals surface area contributed by atoms with Crippen molar-refractivity contribution in [2.75, 3.05) is 26.6 Å². The van der Waals surface area contributed by atoms with Gasteiger partial charge in [-0.3, -0.25) is 0 Å². The van der Waals surface area contributed by atoms with E-state index in [2.05, 4.69) is 26.6 Å². The van der Waals surface area contributed by atoms with Gasteiger partial charge in [-0.05, 0) is 48.4 Å². The van der Waals surface area contributed by atoms with E-state index in [1.165, 1.54) is 0 Å². The molecule has 2 aromatic carbocycles. The molecule has 0 saturated heterocycles. The van der Waals surface area contributed by atoms with Crippen LogP contribution in [-0.2, 0) is 6.54 Å². The molecule has 0 aromatic heterocycles. The molecule has 0 aliphatic rings. The lowest BCUT2D eigenvalue weighted by Crippen LogP contribution is -2.28. The van der Waals surface area contributed by atoms with Crippen molar-refractivity contribution < 1.29 is 19.0 Å². The number of ether oxygens (including phenoxy) is 3. The molecule has 0 fully saturated rings. The summed E-state index contributed by atoms with van der Waals surface area (Å²) in [5, 5.41) is 5.61. The fourth-order valence-corrected chi connectivity index (χ4v) is 2.56. The first-order chi connectivity index (χ1) is 12.0. The summed E-state index contributed by atoms with van der Waals surface area (Å²) in [4.78, 5) is 12.1. The number of urea groups is 1. The molecule has 2 N–H and O–H groups in total. The van der Waals surface area contributed by atoms with Crippen molar-refractivity contribution in [2.24, 2.45) is 0 Å². The average molecular weight is 409 g/mol. The Bertz CT molecular complexity index is 740. The number of carbonyl (C=O) groups is 1. The number of rotatable bonds is 6. The third-order valence-corrected chi connectivity index (χ3v) is 4.48. The Morgan fingerprint density at radius 2 is 1.68 bits per heavy atom. The Kier molecular flexibility index (Phi) is 6.52. The summed E-state index contributed by atoms with van der Waals surface area (Å²) in [6.07, 6.45) is 0. The van der Waals surface area contributed by atoms with E-state index in [4.69, 9.17) is 14.2 Å². The SMILES string of the molecule is COc1cc(CNC(=O)Nc2ccc(Br)c(C)c2)cc(OC)c1OC. The topological polar surface area (TPSA) is 68.8 Å². The molecular formula is C18H21BrN2O4. The lowest BCUT2D eigenvalue weighted by atomic mass is 10.2. The monoisotopic (exact) mass is 408 g/mol. The predicted molar refractivity (Wildman–Crippen MR) is 101 cm³/mol. The summed E-state index contributed by atoms with van der Waals surface area (Å²) in [6.45, 7) is 2.28. The zero-order chi connectivity index (χ0) is 18.4. The van der Waals surface area contributed by atoms with Crippen molar-refractivity contribution in [3.63, 3.8) is 0 Å². The number of methoxy groups -OCH3 is 3. The smallest absolute Gasteiger partial charge is 0.319 e. The lowest BCUT2D eigenvalue weighted by Gasteiger charge is -2.14. The van der Waals surface area contributed by atoms with Crippen LogP contribution in [0.1, 0.15) is 11.1 Å². The van der Waals surface area contributed by atoms with Crippen LogP contribution >= 0.6 is 15.9 Å². The zero-order valence-electron chi connectivity index (χ0n) is 14.6. The van der Waals surface area contributed by atoms with Gasteiger partial charge in [-0.2, -0.15) is 0 Å². The maximum absolute atomic E-state index is 12.1. The van der Waals surface area contributed by atoms with Gasteiger partial charge in [-0.25, -0.2) is 4.79 Å². The molecule has 2 aromatic rings. The molecule has 0 bridgehead atoms. The fraction of sp³-hybridized carbons (Fsp3) is 0.278. The minimum atomic E-state index is -0.296. The van der Waals surface area contributed by atoms with Crippen LogP contribution in [0.15, 0.2) is 34.8 Å². The Morgan fingerprint density at radius 3 is 2.20 bits per heavy atom. The van der Waals surface area contributed by atoms with Gasteiger partial charge in [0.2, 0.25) is 5.75 Å². The van der Waals surface area contributed by atoms with Gasteiger partial charge in [0, 0.05) is 16.7 Å². The molecule has 2 amide bonds. The molecular weight excluding hydrogens is 388 g/mol. The maximum Gasteiger partial charge on any atom is 0.319 e. The molecule has 25 heavy (non-hydrogen) atoms. The molecule has 0 heterocycles. The molecule has 0 aliphatic heterocycles. The molecule has 7 heteroatoms. The van der Waals surface area contributed by atoms with Crippen LogP contribution in [0.3, 0.4) is 0 Å². The molecule has 0 atom stereocenters. The second kappa shape index (κ2) is 8.62. The van der Waals surface area contributed by atoms with Crippen LogP contribution < -0.4 is 24.8 Å². The van der Waals surface area contributed by atoms with Crippen molar-refractivity contribution in [3.05, 3.63) is 45.9 Å². The van der Waals surface area contributed by atoms with E-state index < -0.39 is 0 Å². The van der Waals surface area contributed by atoms with Gasteiger partial charge >= 0.3 is 6.03 Å². The predicted octanol–water partition coefficient (Wildman–Crippen LogP) is 4.11. The Labute approximate surface area is 155 Å². The van der Waals surface area contributed by atoms with Crippen molar-refractivity contribution in [3.8, 4) is 17.2 Å².